The quantitative estimate of drug-likeness (QED) is 0.654. The number of allylic oxidation sites excluding steroid dienone is 1. The summed E-state index contributed by atoms with van der Waals surface area (Å²) in [6.07, 6.45) is 1.58. The largest absolute Gasteiger partial charge is 0.339 e. The number of nitrogens with zero attached hydrogens (tertiary/aromatic N) is 1. The van der Waals surface area contributed by atoms with E-state index in [1.165, 1.54) is 22.3 Å². The molecule has 0 spiro atoms. The van der Waals surface area contributed by atoms with Gasteiger partial charge in [-0.05, 0) is 12.0 Å². The average molecular weight is 209 g/mol. The number of aromatic nitrogens is 1. The van der Waals surface area contributed by atoms with Gasteiger partial charge in [0, 0.05) is 35.2 Å². The predicted molar refractivity (Wildman–Crippen MR) is 63.6 cm³/mol. The fraction of sp³-hybridized carbons (Fsp3) is 0.214. The summed E-state index contributed by atoms with van der Waals surface area (Å²) in [5.41, 5.74) is 5.82. The Morgan fingerprint density at radius 3 is 3.00 bits per heavy atom. The molecule has 0 atom stereocenters. The highest BCUT2D eigenvalue weighted by atomic mass is 16.1. The monoisotopic (exact) mass is 209 g/mol. The van der Waals surface area contributed by atoms with Crippen molar-refractivity contribution in [2.75, 3.05) is 0 Å². The summed E-state index contributed by atoms with van der Waals surface area (Å²) in [5, 5.41) is 1.13. The first-order valence-electron chi connectivity index (χ1n) is 5.63. The number of fused-ring (bicyclic) bond motifs is 3. The minimum Gasteiger partial charge on any atom is -0.339 e. The lowest BCUT2D eigenvalue weighted by molar-refractivity contribution is 0.0996. The topological polar surface area (TPSA) is 22.0 Å². The van der Waals surface area contributed by atoms with Crippen LogP contribution >= 0.6 is 0 Å². The summed E-state index contributed by atoms with van der Waals surface area (Å²) in [6, 6.07) is 6.20. The highest BCUT2D eigenvalue weighted by Gasteiger charge is 2.31. The number of carbonyl (C=O) groups excluding carboxylic acids is 1. The lowest BCUT2D eigenvalue weighted by Gasteiger charge is -2.00. The van der Waals surface area contributed by atoms with Gasteiger partial charge in [-0.25, -0.2) is 0 Å². The van der Waals surface area contributed by atoms with Crippen LogP contribution in [-0.4, -0.2) is 10.4 Å². The van der Waals surface area contributed by atoms with Crippen molar-refractivity contribution < 1.29 is 4.79 Å². The Morgan fingerprint density at radius 1 is 1.25 bits per heavy atom. The van der Waals surface area contributed by atoms with Gasteiger partial charge in [0.25, 0.3) is 0 Å². The summed E-state index contributed by atoms with van der Waals surface area (Å²) >= 11 is 0. The molecular weight excluding hydrogens is 198 g/mol. The molecule has 0 radical (unpaired) electrons. The molecule has 0 amide bonds. The Kier molecular flexibility index (Phi) is 1.28. The van der Waals surface area contributed by atoms with Gasteiger partial charge in [-0.15, -0.1) is 0 Å². The molecule has 2 aliphatic rings. The van der Waals surface area contributed by atoms with Crippen LogP contribution in [0.15, 0.2) is 24.8 Å². The lowest BCUT2D eigenvalue weighted by atomic mass is 10.0. The van der Waals surface area contributed by atoms with Gasteiger partial charge in [0.05, 0.1) is 5.52 Å². The van der Waals surface area contributed by atoms with Crippen molar-refractivity contribution >= 4 is 22.3 Å². The van der Waals surface area contributed by atoms with Crippen molar-refractivity contribution in [3.05, 3.63) is 41.6 Å². The van der Waals surface area contributed by atoms with Crippen molar-refractivity contribution in [1.82, 2.24) is 4.57 Å². The number of Topliss-reactive ketones (excluding diaryl/α,β-unsaturated/α-hetero) is 1. The van der Waals surface area contributed by atoms with Gasteiger partial charge in [-0.1, -0.05) is 24.8 Å². The molecular formula is C14H11NO. The molecule has 0 saturated heterocycles. The molecule has 1 aliphatic carbocycles. The third-order valence-corrected chi connectivity index (χ3v) is 3.79. The summed E-state index contributed by atoms with van der Waals surface area (Å²) in [7, 11) is 0. The van der Waals surface area contributed by atoms with Crippen LogP contribution in [0.25, 0.3) is 16.5 Å². The molecule has 0 unspecified atom stereocenters. The number of hydrogen-bond acceptors (Lipinski definition) is 1. The van der Waals surface area contributed by atoms with E-state index in [4.69, 9.17) is 0 Å². The molecule has 2 aromatic rings. The van der Waals surface area contributed by atoms with Gasteiger partial charge in [-0.3, -0.25) is 4.79 Å². The fourth-order valence-corrected chi connectivity index (χ4v) is 3.13. The average Bonchev–Trinajstić information content (AvgIpc) is 2.89. The van der Waals surface area contributed by atoms with Crippen molar-refractivity contribution in [3.63, 3.8) is 0 Å². The first-order valence-corrected chi connectivity index (χ1v) is 5.63. The van der Waals surface area contributed by atoms with Crippen molar-refractivity contribution in [2.45, 2.75) is 19.4 Å². The van der Waals surface area contributed by atoms with Gasteiger partial charge in [0.2, 0.25) is 0 Å². The zero-order chi connectivity index (χ0) is 10.9. The molecule has 0 fully saturated rings. The number of carbonyl (C=O) groups is 1. The second-order valence-electron chi connectivity index (χ2n) is 4.64. The molecule has 2 heteroatoms. The van der Waals surface area contributed by atoms with E-state index in [1.54, 1.807) is 0 Å². The Morgan fingerprint density at radius 2 is 2.12 bits per heavy atom. The van der Waals surface area contributed by atoms with E-state index in [1.807, 2.05) is 6.07 Å². The highest BCUT2D eigenvalue weighted by Crippen LogP contribution is 2.41. The molecule has 2 nitrogen and oxygen atoms in total. The molecule has 1 aliphatic heterocycles. The maximum Gasteiger partial charge on any atom is 0.165 e. The van der Waals surface area contributed by atoms with E-state index in [0.29, 0.717) is 12.2 Å². The van der Waals surface area contributed by atoms with Gasteiger partial charge in [0.15, 0.2) is 5.78 Å². The van der Waals surface area contributed by atoms with Crippen LogP contribution in [0.5, 0.6) is 0 Å². The standard InChI is InChI=1S/C14H11NO/c1-8-7-15-11-5-6-12(16)13(11)10-4-2-3-9(8)14(10)15/h2-4H,1,5-7H2. The first-order chi connectivity index (χ1) is 7.77. The number of para-hydroxylation sites is 1. The molecule has 1 aromatic carbocycles. The van der Waals surface area contributed by atoms with Crippen LogP contribution in [0.3, 0.4) is 0 Å². The minimum absolute atomic E-state index is 0.309. The maximum atomic E-state index is 11.9. The normalized spacial score (nSPS) is 17.5. The van der Waals surface area contributed by atoms with Crippen LogP contribution < -0.4 is 0 Å². The molecule has 1 aromatic heterocycles. The van der Waals surface area contributed by atoms with E-state index in [9.17, 15) is 4.79 Å². The van der Waals surface area contributed by atoms with Crippen LogP contribution in [0.4, 0.5) is 0 Å². The molecule has 2 heterocycles. The van der Waals surface area contributed by atoms with E-state index in [2.05, 4.69) is 23.3 Å². The van der Waals surface area contributed by atoms with Crippen molar-refractivity contribution in [1.29, 1.82) is 0 Å². The third-order valence-electron chi connectivity index (χ3n) is 3.79. The number of ketones is 1. The molecule has 16 heavy (non-hydrogen) atoms. The third kappa shape index (κ3) is 0.744. The fourth-order valence-electron chi connectivity index (χ4n) is 3.13. The molecule has 0 N–H and O–H groups in total. The molecule has 0 bridgehead atoms. The molecule has 4 rings (SSSR count). The summed E-state index contributed by atoms with van der Waals surface area (Å²) < 4.78 is 2.28. The van der Waals surface area contributed by atoms with Gasteiger partial charge in [0.1, 0.15) is 0 Å². The van der Waals surface area contributed by atoms with Crippen LogP contribution in [-0.2, 0) is 13.0 Å². The Balaban J connectivity index is 2.27. The van der Waals surface area contributed by atoms with E-state index in [-0.39, 0.29) is 0 Å². The zero-order valence-corrected chi connectivity index (χ0v) is 8.92. The Labute approximate surface area is 93.2 Å². The van der Waals surface area contributed by atoms with E-state index < -0.39 is 0 Å². The van der Waals surface area contributed by atoms with Crippen LogP contribution in [0.2, 0.25) is 0 Å². The predicted octanol–water partition coefficient (Wildman–Crippen LogP) is 2.80. The van der Waals surface area contributed by atoms with E-state index >= 15 is 0 Å². The maximum absolute atomic E-state index is 11.9. The van der Waals surface area contributed by atoms with Crippen LogP contribution in [0.1, 0.15) is 28.0 Å². The van der Waals surface area contributed by atoms with Crippen molar-refractivity contribution in [2.24, 2.45) is 0 Å². The second kappa shape index (κ2) is 2.46. The lowest BCUT2D eigenvalue weighted by Crippen LogP contribution is -1.96. The summed E-state index contributed by atoms with van der Waals surface area (Å²) in [4.78, 5) is 11.9. The highest BCUT2D eigenvalue weighted by molar-refractivity contribution is 6.14. The summed E-state index contributed by atoms with van der Waals surface area (Å²) in [5.74, 6) is 0.309. The minimum atomic E-state index is 0.309. The van der Waals surface area contributed by atoms with Gasteiger partial charge in [-0.2, -0.15) is 0 Å². The SMILES string of the molecule is C=C1Cn2c3c(c4cccc1c42)C(=O)CC3. The summed E-state index contributed by atoms with van der Waals surface area (Å²) in [6.45, 7) is 4.96. The van der Waals surface area contributed by atoms with Gasteiger partial charge >= 0.3 is 0 Å². The Bertz CT molecular complexity index is 676. The van der Waals surface area contributed by atoms with Crippen LogP contribution in [0, 0.1) is 0 Å². The van der Waals surface area contributed by atoms with E-state index in [0.717, 1.165) is 23.9 Å². The first kappa shape index (κ1) is 8.34. The van der Waals surface area contributed by atoms with Crippen molar-refractivity contribution in [3.8, 4) is 0 Å². The Hall–Kier alpha value is -1.83. The number of hydrogen-bond donors (Lipinski definition) is 0. The number of rotatable bonds is 0. The van der Waals surface area contributed by atoms with Gasteiger partial charge < -0.3 is 4.57 Å². The molecule has 78 valence electrons. The zero-order valence-electron chi connectivity index (χ0n) is 8.92. The molecule has 0 saturated carbocycles. The second-order valence-corrected chi connectivity index (χ2v) is 4.64. The number of benzene rings is 1. The smallest absolute Gasteiger partial charge is 0.165 e.